The molecule has 212 valence electrons. The van der Waals surface area contributed by atoms with Gasteiger partial charge in [-0.25, -0.2) is 14.4 Å². The van der Waals surface area contributed by atoms with Crippen LogP contribution in [0.25, 0.3) is 11.2 Å². The number of hydrogen-bond donors (Lipinski definition) is 3. The molecule has 41 heavy (non-hydrogen) atoms. The van der Waals surface area contributed by atoms with Crippen molar-refractivity contribution in [2.75, 3.05) is 10.6 Å². The maximum absolute atomic E-state index is 15.0. The zero-order chi connectivity index (χ0) is 28.5. The highest BCUT2D eigenvalue weighted by atomic mass is 35.5. The molecule has 1 amide bonds. The molecule has 0 unspecified atom stereocenters. The third kappa shape index (κ3) is 5.52. The van der Waals surface area contributed by atoms with Crippen molar-refractivity contribution < 1.29 is 13.7 Å². The van der Waals surface area contributed by atoms with Gasteiger partial charge in [0, 0.05) is 23.9 Å². The van der Waals surface area contributed by atoms with Crippen LogP contribution in [0.1, 0.15) is 74.8 Å². The number of anilines is 3. The van der Waals surface area contributed by atoms with Crippen LogP contribution in [0, 0.1) is 23.1 Å². The number of nitrogens with one attached hydrogen (secondary N) is 2. The number of aromatic nitrogens is 6. The first-order valence-corrected chi connectivity index (χ1v) is 14.0. The third-order valence-corrected chi connectivity index (χ3v) is 8.39. The maximum Gasteiger partial charge on any atom is 0.229 e. The molecule has 0 spiro atoms. The molecule has 0 aliphatic heterocycles. The summed E-state index contributed by atoms with van der Waals surface area (Å²) < 4.78 is 22.1. The summed E-state index contributed by atoms with van der Waals surface area (Å²) in [6, 6.07) is 4.53. The summed E-state index contributed by atoms with van der Waals surface area (Å²) >= 11 is 6.34. The number of halogens is 2. The lowest BCUT2D eigenvalue weighted by Gasteiger charge is -2.29. The molecule has 0 saturated heterocycles. The van der Waals surface area contributed by atoms with Crippen molar-refractivity contribution >= 4 is 46.3 Å². The Morgan fingerprint density at radius 2 is 1.90 bits per heavy atom. The van der Waals surface area contributed by atoms with Crippen LogP contribution in [0.2, 0.25) is 5.02 Å². The minimum absolute atomic E-state index is 0.0114. The average Bonchev–Trinajstić information content (AvgIpc) is 3.63. The van der Waals surface area contributed by atoms with Crippen molar-refractivity contribution in [3.8, 4) is 6.07 Å². The van der Waals surface area contributed by atoms with Gasteiger partial charge >= 0.3 is 0 Å². The van der Waals surface area contributed by atoms with Crippen molar-refractivity contribution in [2.45, 2.75) is 69.4 Å². The molecule has 2 fully saturated rings. The lowest BCUT2D eigenvalue weighted by molar-refractivity contribution is -0.122. The monoisotopic (exact) mass is 578 g/mol. The van der Waals surface area contributed by atoms with Gasteiger partial charge in [-0.15, -0.1) is 0 Å². The first-order valence-electron chi connectivity index (χ1n) is 13.6. The van der Waals surface area contributed by atoms with E-state index in [0.29, 0.717) is 54.6 Å². The molecule has 12 nitrogen and oxygen atoms in total. The van der Waals surface area contributed by atoms with E-state index in [2.05, 4.69) is 30.7 Å². The van der Waals surface area contributed by atoms with Crippen LogP contribution in [-0.4, -0.2) is 41.6 Å². The van der Waals surface area contributed by atoms with Gasteiger partial charge in [-0.05, 0) is 63.5 Å². The highest BCUT2D eigenvalue weighted by Crippen LogP contribution is 2.39. The van der Waals surface area contributed by atoms with Crippen LogP contribution >= 0.6 is 11.6 Å². The molecular formula is C27H28ClFN10O2. The zero-order valence-electron chi connectivity index (χ0n) is 22.1. The van der Waals surface area contributed by atoms with Crippen LogP contribution in [0.4, 0.5) is 22.0 Å². The fraction of sp³-hybridized carbons (Fsp3) is 0.444. The topological polar surface area (TPSA) is 173 Å². The second-order valence-corrected chi connectivity index (χ2v) is 11.0. The van der Waals surface area contributed by atoms with E-state index >= 15 is 0 Å². The number of hydrogen-bond acceptors (Lipinski definition) is 10. The molecule has 6 rings (SSSR count). The summed E-state index contributed by atoms with van der Waals surface area (Å²) in [7, 11) is 0. The number of nitrogens with two attached hydrogens (primary N) is 1. The molecule has 1 aromatic carbocycles. The molecule has 4 N–H and O–H groups in total. The van der Waals surface area contributed by atoms with Gasteiger partial charge in [0.1, 0.15) is 11.3 Å². The first-order chi connectivity index (χ1) is 19.9. The molecule has 4 aromatic rings. The number of nitriles is 1. The van der Waals surface area contributed by atoms with Gasteiger partial charge in [0.05, 0.1) is 28.5 Å². The highest BCUT2D eigenvalue weighted by Gasteiger charge is 2.30. The van der Waals surface area contributed by atoms with Crippen LogP contribution in [0.15, 0.2) is 29.2 Å². The van der Waals surface area contributed by atoms with E-state index in [9.17, 15) is 9.18 Å². The number of imidazole rings is 1. The Morgan fingerprint density at radius 3 is 2.56 bits per heavy atom. The van der Waals surface area contributed by atoms with E-state index < -0.39 is 5.82 Å². The third-order valence-electron chi connectivity index (χ3n) is 8.09. The minimum Gasteiger partial charge on any atom is -0.369 e. The summed E-state index contributed by atoms with van der Waals surface area (Å²) in [6.07, 6.45) is 9.29. The predicted molar refractivity (Wildman–Crippen MR) is 148 cm³/mol. The van der Waals surface area contributed by atoms with E-state index in [1.807, 2.05) is 10.6 Å². The summed E-state index contributed by atoms with van der Waals surface area (Å²) in [5.41, 5.74) is 6.80. The molecular weight excluding hydrogens is 551 g/mol. The number of nitrogens with zero attached hydrogens (tertiary/aromatic N) is 7. The van der Waals surface area contributed by atoms with Crippen molar-refractivity contribution in [3.63, 3.8) is 0 Å². The van der Waals surface area contributed by atoms with Gasteiger partial charge in [0.15, 0.2) is 12.0 Å². The lowest BCUT2D eigenvalue weighted by atomic mass is 9.85. The number of benzene rings is 1. The first kappa shape index (κ1) is 26.9. The van der Waals surface area contributed by atoms with Crippen molar-refractivity contribution in [3.05, 3.63) is 47.0 Å². The SMILES string of the molecule is N#Cc1cc(F)c(Nc2nc3cnc(NC4CCC(c5ncno5)CC4)nc3n2[C@H]2CC[C@@H](C(N)=O)CC2)c(Cl)c1. The molecule has 14 heteroatoms. The Kier molecular flexibility index (Phi) is 7.40. The van der Waals surface area contributed by atoms with E-state index in [0.717, 1.165) is 31.7 Å². The number of primary amides is 1. The largest absolute Gasteiger partial charge is 0.369 e. The minimum atomic E-state index is -0.672. The van der Waals surface area contributed by atoms with Crippen LogP contribution in [-0.2, 0) is 4.79 Å². The zero-order valence-corrected chi connectivity index (χ0v) is 22.8. The average molecular weight is 579 g/mol. The number of amides is 1. The molecule has 0 radical (unpaired) electrons. The summed E-state index contributed by atoms with van der Waals surface area (Å²) in [5.74, 6) is 0.589. The maximum atomic E-state index is 15.0. The fourth-order valence-corrected chi connectivity index (χ4v) is 6.17. The summed E-state index contributed by atoms with van der Waals surface area (Å²) in [5, 5.41) is 19.4. The second kappa shape index (κ2) is 11.3. The highest BCUT2D eigenvalue weighted by molar-refractivity contribution is 6.33. The van der Waals surface area contributed by atoms with Gasteiger partial charge in [-0.3, -0.25) is 9.36 Å². The predicted octanol–water partition coefficient (Wildman–Crippen LogP) is 4.97. The van der Waals surface area contributed by atoms with E-state index in [1.165, 1.54) is 12.4 Å². The van der Waals surface area contributed by atoms with Crippen LogP contribution < -0.4 is 16.4 Å². The van der Waals surface area contributed by atoms with E-state index in [-0.39, 0.29) is 46.1 Å². The lowest BCUT2D eigenvalue weighted by Crippen LogP contribution is -2.29. The standard InChI is InChI=1S/C27H28ClFN10O2/c28-19-9-14(11-30)10-20(29)22(19)37-27-36-21-12-32-26(35-17-5-1-16(2-6-17)25-33-13-34-41-25)38-24(21)39(27)18-7-3-15(4-8-18)23(31)40/h9-10,12-13,15-18H,1-8H2,(H2,31,40)(H,36,37)(H,32,35,38)/t15-,16?,17?,18+. The Hall–Kier alpha value is -4.31. The van der Waals surface area contributed by atoms with Crippen molar-refractivity contribution in [2.24, 2.45) is 11.7 Å². The van der Waals surface area contributed by atoms with E-state index in [1.54, 1.807) is 6.20 Å². The van der Waals surface area contributed by atoms with Gasteiger partial charge in [-0.2, -0.15) is 15.2 Å². The fourth-order valence-electron chi connectivity index (χ4n) is 5.91. The molecule has 3 aromatic heterocycles. The van der Waals surface area contributed by atoms with E-state index in [4.69, 9.17) is 32.1 Å². The Balaban J connectivity index is 1.29. The molecule has 2 aliphatic rings. The number of rotatable bonds is 7. The Morgan fingerprint density at radius 1 is 1.12 bits per heavy atom. The van der Waals surface area contributed by atoms with Crippen molar-refractivity contribution in [1.82, 2.24) is 29.7 Å². The van der Waals surface area contributed by atoms with Gasteiger partial charge in [-0.1, -0.05) is 16.8 Å². The number of carbonyl (C=O) groups is 1. The molecule has 3 heterocycles. The normalized spacial score (nSPS) is 22.8. The number of carbonyl (C=O) groups excluding carboxylic acids is 1. The Labute approximate surface area is 239 Å². The van der Waals surface area contributed by atoms with Crippen LogP contribution in [0.3, 0.4) is 0 Å². The quantitative estimate of drug-likeness (QED) is 0.271. The molecule has 2 saturated carbocycles. The molecule has 0 bridgehead atoms. The molecule has 0 atom stereocenters. The van der Waals surface area contributed by atoms with Gasteiger partial charge in [0.2, 0.25) is 23.7 Å². The van der Waals surface area contributed by atoms with Gasteiger partial charge < -0.3 is 20.9 Å². The smallest absolute Gasteiger partial charge is 0.229 e. The molecule has 2 aliphatic carbocycles. The summed E-state index contributed by atoms with van der Waals surface area (Å²) in [6.45, 7) is 0. The summed E-state index contributed by atoms with van der Waals surface area (Å²) in [4.78, 5) is 30.0. The van der Waals surface area contributed by atoms with Crippen LogP contribution in [0.5, 0.6) is 0 Å². The Bertz CT molecular complexity index is 1580. The van der Waals surface area contributed by atoms with Crippen molar-refractivity contribution in [1.29, 1.82) is 5.26 Å². The second-order valence-electron chi connectivity index (χ2n) is 10.6. The number of fused-ring (bicyclic) bond motifs is 1. The van der Waals surface area contributed by atoms with Gasteiger partial charge in [0.25, 0.3) is 0 Å².